The van der Waals surface area contributed by atoms with Crippen molar-refractivity contribution in [3.05, 3.63) is 29.8 Å². The normalized spacial score (nSPS) is 24.2. The van der Waals surface area contributed by atoms with Gasteiger partial charge in [0.1, 0.15) is 12.4 Å². The Morgan fingerprint density at radius 3 is 2.83 bits per heavy atom. The number of ether oxygens (including phenoxy) is 3. The van der Waals surface area contributed by atoms with Gasteiger partial charge in [0.15, 0.2) is 0 Å². The molecule has 6 nitrogen and oxygen atoms in total. The van der Waals surface area contributed by atoms with Gasteiger partial charge in [0, 0.05) is 37.8 Å². The standard InChI is InChI=1S/C18H26N2O4/c1-22-9-10-24-17-4-2-3-14(11-17)18(21)19-15-12-16(13-15)20-5-7-23-8-6-20/h2-4,11,15-16H,5-10,12-13H2,1H3,(H,19,21). The Bertz CT molecular complexity index is 540. The number of benzene rings is 1. The van der Waals surface area contributed by atoms with Gasteiger partial charge in [-0.25, -0.2) is 0 Å². The van der Waals surface area contributed by atoms with Gasteiger partial charge in [-0.2, -0.15) is 0 Å². The van der Waals surface area contributed by atoms with Crippen molar-refractivity contribution in [3.63, 3.8) is 0 Å². The van der Waals surface area contributed by atoms with E-state index in [0.29, 0.717) is 30.6 Å². The summed E-state index contributed by atoms with van der Waals surface area (Å²) in [5.41, 5.74) is 0.639. The molecule has 1 saturated heterocycles. The second-order valence-electron chi connectivity index (χ2n) is 6.31. The van der Waals surface area contributed by atoms with Crippen molar-refractivity contribution in [2.24, 2.45) is 0 Å². The van der Waals surface area contributed by atoms with Gasteiger partial charge in [-0.15, -0.1) is 0 Å². The zero-order chi connectivity index (χ0) is 16.8. The number of carbonyl (C=O) groups excluding carboxylic acids is 1. The van der Waals surface area contributed by atoms with Crippen LogP contribution in [0.25, 0.3) is 0 Å². The molecule has 2 aliphatic rings. The molecular formula is C18H26N2O4. The lowest BCUT2D eigenvalue weighted by Gasteiger charge is -2.44. The minimum atomic E-state index is -0.0300. The molecule has 1 saturated carbocycles. The number of nitrogens with zero attached hydrogens (tertiary/aromatic N) is 1. The van der Waals surface area contributed by atoms with Crippen LogP contribution in [-0.2, 0) is 9.47 Å². The van der Waals surface area contributed by atoms with Gasteiger partial charge in [-0.3, -0.25) is 9.69 Å². The van der Waals surface area contributed by atoms with Gasteiger partial charge in [0.2, 0.25) is 0 Å². The summed E-state index contributed by atoms with van der Waals surface area (Å²) < 4.78 is 15.9. The first-order chi connectivity index (χ1) is 11.8. The second kappa shape index (κ2) is 8.46. The molecule has 1 N–H and O–H groups in total. The lowest BCUT2D eigenvalue weighted by molar-refractivity contribution is -0.00950. The summed E-state index contributed by atoms with van der Waals surface area (Å²) in [6, 6.07) is 8.14. The Labute approximate surface area is 143 Å². The van der Waals surface area contributed by atoms with Crippen LogP contribution in [0.1, 0.15) is 23.2 Å². The van der Waals surface area contributed by atoms with Gasteiger partial charge in [0.05, 0.1) is 19.8 Å². The van der Waals surface area contributed by atoms with E-state index in [0.717, 1.165) is 39.1 Å². The third-order valence-corrected chi connectivity index (χ3v) is 4.66. The highest BCUT2D eigenvalue weighted by Crippen LogP contribution is 2.26. The van der Waals surface area contributed by atoms with E-state index in [4.69, 9.17) is 14.2 Å². The van der Waals surface area contributed by atoms with E-state index in [1.165, 1.54) is 0 Å². The summed E-state index contributed by atoms with van der Waals surface area (Å²) in [6.07, 6.45) is 2.05. The zero-order valence-electron chi connectivity index (χ0n) is 14.2. The highest BCUT2D eigenvalue weighted by Gasteiger charge is 2.35. The summed E-state index contributed by atoms with van der Waals surface area (Å²) in [5, 5.41) is 3.12. The molecule has 1 aromatic rings. The van der Waals surface area contributed by atoms with Crippen LogP contribution in [-0.4, -0.2) is 69.5 Å². The van der Waals surface area contributed by atoms with Gasteiger partial charge in [-0.05, 0) is 31.0 Å². The molecule has 6 heteroatoms. The summed E-state index contributed by atoms with van der Waals surface area (Å²) in [5.74, 6) is 0.664. The van der Waals surface area contributed by atoms with Crippen LogP contribution < -0.4 is 10.1 Å². The summed E-state index contributed by atoms with van der Waals surface area (Å²) in [4.78, 5) is 14.9. The molecule has 0 unspecified atom stereocenters. The third-order valence-electron chi connectivity index (χ3n) is 4.66. The van der Waals surface area contributed by atoms with E-state index in [1.54, 1.807) is 13.2 Å². The molecular weight excluding hydrogens is 308 g/mol. The van der Waals surface area contributed by atoms with Crippen molar-refractivity contribution >= 4 is 5.91 Å². The molecule has 1 amide bonds. The van der Waals surface area contributed by atoms with E-state index in [2.05, 4.69) is 10.2 Å². The third kappa shape index (κ3) is 4.47. The number of methoxy groups -OCH3 is 1. The predicted octanol–water partition coefficient (Wildman–Crippen LogP) is 1.30. The Balaban J connectivity index is 1.45. The molecule has 0 aromatic heterocycles. The monoisotopic (exact) mass is 334 g/mol. The molecule has 2 fully saturated rings. The number of hydrogen-bond acceptors (Lipinski definition) is 5. The van der Waals surface area contributed by atoms with Crippen molar-refractivity contribution in [1.29, 1.82) is 0 Å². The van der Waals surface area contributed by atoms with Gasteiger partial charge in [0.25, 0.3) is 5.91 Å². The fraction of sp³-hybridized carbons (Fsp3) is 0.611. The van der Waals surface area contributed by atoms with Crippen molar-refractivity contribution in [2.75, 3.05) is 46.6 Å². The first-order valence-corrected chi connectivity index (χ1v) is 8.60. The van der Waals surface area contributed by atoms with Crippen LogP contribution in [0.5, 0.6) is 5.75 Å². The highest BCUT2D eigenvalue weighted by atomic mass is 16.5. The molecule has 1 heterocycles. The Morgan fingerprint density at radius 2 is 2.08 bits per heavy atom. The van der Waals surface area contributed by atoms with Crippen molar-refractivity contribution in [3.8, 4) is 5.75 Å². The van der Waals surface area contributed by atoms with Crippen molar-refractivity contribution in [2.45, 2.75) is 24.9 Å². The summed E-state index contributed by atoms with van der Waals surface area (Å²) >= 11 is 0. The largest absolute Gasteiger partial charge is 0.491 e. The number of nitrogens with one attached hydrogen (secondary N) is 1. The number of hydrogen-bond donors (Lipinski definition) is 1. The van der Waals surface area contributed by atoms with Crippen molar-refractivity contribution < 1.29 is 19.0 Å². The summed E-state index contributed by atoms with van der Waals surface area (Å²) in [6.45, 7) is 4.66. The molecule has 24 heavy (non-hydrogen) atoms. The van der Waals surface area contributed by atoms with Gasteiger partial charge < -0.3 is 19.5 Å². The number of morpholine rings is 1. The SMILES string of the molecule is COCCOc1cccc(C(=O)NC2CC(N3CCOCC3)C2)c1. The molecule has 0 atom stereocenters. The topological polar surface area (TPSA) is 60.0 Å². The average Bonchev–Trinajstić information content (AvgIpc) is 2.59. The van der Waals surface area contributed by atoms with E-state index in [-0.39, 0.29) is 11.9 Å². The molecule has 1 aromatic carbocycles. The second-order valence-corrected chi connectivity index (χ2v) is 6.31. The van der Waals surface area contributed by atoms with E-state index >= 15 is 0 Å². The van der Waals surface area contributed by atoms with E-state index < -0.39 is 0 Å². The van der Waals surface area contributed by atoms with Crippen LogP contribution in [0, 0.1) is 0 Å². The van der Waals surface area contributed by atoms with Crippen LogP contribution in [0.4, 0.5) is 0 Å². The Kier molecular flexibility index (Phi) is 6.07. The van der Waals surface area contributed by atoms with Crippen LogP contribution in [0.15, 0.2) is 24.3 Å². The van der Waals surface area contributed by atoms with Gasteiger partial charge in [-0.1, -0.05) is 6.07 Å². The lowest BCUT2D eigenvalue weighted by Crippen LogP contribution is -2.56. The number of carbonyl (C=O) groups is 1. The number of rotatable bonds is 7. The maximum atomic E-state index is 12.4. The van der Waals surface area contributed by atoms with E-state index in [9.17, 15) is 4.79 Å². The molecule has 0 bridgehead atoms. The van der Waals surface area contributed by atoms with Crippen LogP contribution in [0.3, 0.4) is 0 Å². The summed E-state index contributed by atoms with van der Waals surface area (Å²) in [7, 11) is 1.63. The molecule has 1 aliphatic carbocycles. The van der Waals surface area contributed by atoms with Crippen LogP contribution in [0.2, 0.25) is 0 Å². The first-order valence-electron chi connectivity index (χ1n) is 8.60. The number of amides is 1. The minimum Gasteiger partial charge on any atom is -0.491 e. The molecule has 0 spiro atoms. The van der Waals surface area contributed by atoms with Gasteiger partial charge >= 0.3 is 0 Å². The fourth-order valence-electron chi connectivity index (χ4n) is 3.19. The van der Waals surface area contributed by atoms with Crippen LogP contribution >= 0.6 is 0 Å². The molecule has 132 valence electrons. The zero-order valence-corrected chi connectivity index (χ0v) is 14.2. The highest BCUT2D eigenvalue weighted by molar-refractivity contribution is 5.94. The maximum Gasteiger partial charge on any atom is 0.251 e. The molecule has 3 rings (SSSR count). The molecule has 1 aliphatic heterocycles. The quantitative estimate of drug-likeness (QED) is 0.762. The molecule has 0 radical (unpaired) electrons. The Hall–Kier alpha value is -1.63. The lowest BCUT2D eigenvalue weighted by atomic mass is 9.85. The smallest absolute Gasteiger partial charge is 0.251 e. The van der Waals surface area contributed by atoms with E-state index in [1.807, 2.05) is 18.2 Å². The predicted molar refractivity (Wildman–Crippen MR) is 90.5 cm³/mol. The Morgan fingerprint density at radius 1 is 1.29 bits per heavy atom. The maximum absolute atomic E-state index is 12.4. The first kappa shape index (κ1) is 17.2. The van der Waals surface area contributed by atoms with Crippen molar-refractivity contribution in [1.82, 2.24) is 10.2 Å². The minimum absolute atomic E-state index is 0.0300. The average molecular weight is 334 g/mol. The fourth-order valence-corrected chi connectivity index (χ4v) is 3.19.